The Kier molecular flexibility index (Phi) is 5.33. The third kappa shape index (κ3) is 3.83. The fraction of sp³-hybridized carbons (Fsp3) is 0.364. The molecule has 0 fully saturated rings. The summed E-state index contributed by atoms with van der Waals surface area (Å²) in [4.78, 5) is 11.3. The van der Waals surface area contributed by atoms with Gasteiger partial charge in [-0.05, 0) is 28.9 Å². The number of carbonyl (C=O) groups is 1. The van der Waals surface area contributed by atoms with Crippen molar-refractivity contribution in [3.05, 3.63) is 22.2 Å². The van der Waals surface area contributed by atoms with Crippen molar-refractivity contribution in [1.82, 2.24) is 0 Å². The average Bonchev–Trinajstić information content (AvgIpc) is 2.28. The van der Waals surface area contributed by atoms with Crippen LogP contribution in [0.25, 0.3) is 0 Å². The van der Waals surface area contributed by atoms with Crippen LogP contribution in [0.2, 0.25) is 0 Å². The summed E-state index contributed by atoms with van der Waals surface area (Å²) in [6.45, 7) is -1.11. The molecular weight excluding hydrogens is 312 g/mol. The quantitative estimate of drug-likeness (QED) is 0.668. The Labute approximate surface area is 111 Å². The molecule has 0 saturated heterocycles. The maximum absolute atomic E-state index is 12.3. The van der Waals surface area contributed by atoms with Gasteiger partial charge in [-0.2, -0.15) is 8.78 Å². The molecule has 4 nitrogen and oxygen atoms in total. The number of nitrogen functional groups attached to an aromatic ring is 1. The third-order valence-corrected chi connectivity index (χ3v) is 2.87. The fourth-order valence-electron chi connectivity index (χ4n) is 1.33. The number of halogens is 3. The predicted molar refractivity (Wildman–Crippen MR) is 65.5 cm³/mol. The number of rotatable bonds is 5. The van der Waals surface area contributed by atoms with Crippen molar-refractivity contribution in [1.29, 1.82) is 0 Å². The number of nitrogens with two attached hydrogens (primary N) is 1. The van der Waals surface area contributed by atoms with Crippen LogP contribution in [0, 0.1) is 0 Å². The predicted octanol–water partition coefficient (Wildman–Crippen LogP) is 2.74. The SMILES string of the molecule is CCOC(=O)Cc1ccc(N)c(Br)c1OC(F)F. The molecular formula is C11H12BrF2NO3. The van der Waals surface area contributed by atoms with Crippen LogP contribution in [0.5, 0.6) is 5.75 Å². The number of benzene rings is 1. The smallest absolute Gasteiger partial charge is 0.387 e. The highest BCUT2D eigenvalue weighted by Crippen LogP contribution is 2.35. The molecule has 0 atom stereocenters. The lowest BCUT2D eigenvalue weighted by atomic mass is 10.1. The van der Waals surface area contributed by atoms with Crippen molar-refractivity contribution in [2.24, 2.45) is 0 Å². The Morgan fingerprint density at radius 3 is 2.72 bits per heavy atom. The molecule has 0 aliphatic carbocycles. The minimum absolute atomic E-state index is 0.141. The second-order valence-electron chi connectivity index (χ2n) is 3.32. The van der Waals surface area contributed by atoms with E-state index in [-0.39, 0.29) is 34.5 Å². The van der Waals surface area contributed by atoms with Crippen molar-refractivity contribution in [2.75, 3.05) is 12.3 Å². The topological polar surface area (TPSA) is 61.5 Å². The number of ether oxygens (including phenoxy) is 2. The molecule has 1 aromatic carbocycles. The van der Waals surface area contributed by atoms with Crippen LogP contribution in [-0.4, -0.2) is 19.2 Å². The van der Waals surface area contributed by atoms with Gasteiger partial charge in [-0.3, -0.25) is 4.79 Å². The molecule has 0 unspecified atom stereocenters. The monoisotopic (exact) mass is 323 g/mol. The molecule has 18 heavy (non-hydrogen) atoms. The van der Waals surface area contributed by atoms with Gasteiger partial charge in [0.15, 0.2) is 0 Å². The van der Waals surface area contributed by atoms with Crippen LogP contribution in [0.4, 0.5) is 14.5 Å². The molecule has 0 aliphatic rings. The first-order valence-electron chi connectivity index (χ1n) is 5.13. The van der Waals surface area contributed by atoms with E-state index in [2.05, 4.69) is 20.7 Å². The summed E-state index contributed by atoms with van der Waals surface area (Å²) in [5.41, 5.74) is 6.10. The highest BCUT2D eigenvalue weighted by Gasteiger charge is 2.18. The van der Waals surface area contributed by atoms with Crippen molar-refractivity contribution in [3.63, 3.8) is 0 Å². The number of carbonyl (C=O) groups excluding carboxylic acids is 1. The molecule has 0 bridgehead atoms. The van der Waals surface area contributed by atoms with Crippen LogP contribution in [0.3, 0.4) is 0 Å². The lowest BCUT2D eigenvalue weighted by Crippen LogP contribution is -2.11. The van der Waals surface area contributed by atoms with Gasteiger partial charge in [-0.15, -0.1) is 0 Å². The summed E-state index contributed by atoms with van der Waals surface area (Å²) in [6.07, 6.45) is -0.158. The maximum atomic E-state index is 12.3. The number of hydrogen-bond acceptors (Lipinski definition) is 4. The van der Waals surface area contributed by atoms with E-state index in [4.69, 9.17) is 10.5 Å². The zero-order valence-electron chi connectivity index (χ0n) is 9.58. The first kappa shape index (κ1) is 14.7. The Morgan fingerprint density at radius 2 is 2.17 bits per heavy atom. The van der Waals surface area contributed by atoms with Gasteiger partial charge in [0.25, 0.3) is 0 Å². The normalized spacial score (nSPS) is 10.5. The van der Waals surface area contributed by atoms with E-state index >= 15 is 0 Å². The minimum Gasteiger partial charge on any atom is -0.466 e. The number of anilines is 1. The van der Waals surface area contributed by atoms with Gasteiger partial charge in [-0.25, -0.2) is 0 Å². The van der Waals surface area contributed by atoms with Crippen molar-refractivity contribution in [2.45, 2.75) is 20.0 Å². The standard InChI is InChI=1S/C11H12BrF2NO3/c1-2-17-8(16)5-6-3-4-7(15)9(12)10(6)18-11(13)14/h3-4,11H,2,5,15H2,1H3. The molecule has 1 rings (SSSR count). The van der Waals surface area contributed by atoms with Crippen molar-refractivity contribution < 1.29 is 23.0 Å². The molecule has 0 aromatic heterocycles. The third-order valence-electron chi connectivity index (χ3n) is 2.06. The Hall–Kier alpha value is -1.37. The largest absolute Gasteiger partial charge is 0.466 e. The summed E-state index contributed by atoms with van der Waals surface area (Å²) in [7, 11) is 0. The van der Waals surface area contributed by atoms with E-state index in [1.54, 1.807) is 6.92 Å². The van der Waals surface area contributed by atoms with Gasteiger partial charge >= 0.3 is 12.6 Å². The number of esters is 1. The van der Waals surface area contributed by atoms with E-state index < -0.39 is 12.6 Å². The summed E-state index contributed by atoms with van der Waals surface area (Å²) in [6, 6.07) is 2.95. The van der Waals surface area contributed by atoms with Gasteiger partial charge in [0.05, 0.1) is 17.5 Å². The molecule has 0 spiro atoms. The van der Waals surface area contributed by atoms with Gasteiger partial charge in [0, 0.05) is 11.3 Å². The molecule has 0 heterocycles. The van der Waals surface area contributed by atoms with E-state index in [1.165, 1.54) is 12.1 Å². The zero-order valence-corrected chi connectivity index (χ0v) is 11.2. The minimum atomic E-state index is -3.00. The van der Waals surface area contributed by atoms with E-state index in [9.17, 15) is 13.6 Å². The van der Waals surface area contributed by atoms with Crippen molar-refractivity contribution in [3.8, 4) is 5.75 Å². The van der Waals surface area contributed by atoms with Crippen LogP contribution >= 0.6 is 15.9 Å². The van der Waals surface area contributed by atoms with Crippen molar-refractivity contribution >= 4 is 27.6 Å². The summed E-state index contributed by atoms with van der Waals surface area (Å²) < 4.78 is 33.9. The molecule has 0 saturated carbocycles. The Balaban J connectivity index is 3.02. The Bertz CT molecular complexity index is 441. The highest BCUT2D eigenvalue weighted by atomic mass is 79.9. The van der Waals surface area contributed by atoms with Crippen LogP contribution in [0.15, 0.2) is 16.6 Å². The van der Waals surface area contributed by atoms with E-state index in [0.29, 0.717) is 0 Å². The van der Waals surface area contributed by atoms with Crippen LogP contribution in [-0.2, 0) is 16.0 Å². The molecule has 2 N–H and O–H groups in total. The van der Waals surface area contributed by atoms with Crippen LogP contribution < -0.4 is 10.5 Å². The molecule has 1 aromatic rings. The summed E-state index contributed by atoms with van der Waals surface area (Å²) in [5.74, 6) is -0.661. The van der Waals surface area contributed by atoms with Gasteiger partial charge in [0.1, 0.15) is 5.75 Å². The summed E-state index contributed by atoms with van der Waals surface area (Å²) in [5, 5.41) is 0. The average molecular weight is 324 g/mol. The zero-order chi connectivity index (χ0) is 13.7. The molecule has 0 amide bonds. The second-order valence-corrected chi connectivity index (χ2v) is 4.11. The second kappa shape index (κ2) is 6.53. The van der Waals surface area contributed by atoms with Gasteiger partial charge in [0.2, 0.25) is 0 Å². The molecule has 100 valence electrons. The maximum Gasteiger partial charge on any atom is 0.387 e. The number of hydrogen-bond donors (Lipinski definition) is 1. The molecule has 0 aliphatic heterocycles. The summed E-state index contributed by atoms with van der Waals surface area (Å²) >= 11 is 3.05. The highest BCUT2D eigenvalue weighted by molar-refractivity contribution is 9.10. The van der Waals surface area contributed by atoms with Gasteiger partial charge in [-0.1, -0.05) is 6.07 Å². The first-order valence-corrected chi connectivity index (χ1v) is 5.92. The van der Waals surface area contributed by atoms with E-state index in [0.717, 1.165) is 0 Å². The molecule has 7 heteroatoms. The van der Waals surface area contributed by atoms with Gasteiger partial charge < -0.3 is 15.2 Å². The first-order chi connectivity index (χ1) is 8.45. The molecule has 0 radical (unpaired) electrons. The van der Waals surface area contributed by atoms with E-state index in [1.807, 2.05) is 0 Å². The fourth-order valence-corrected chi connectivity index (χ4v) is 1.81. The lowest BCUT2D eigenvalue weighted by molar-refractivity contribution is -0.142. The lowest BCUT2D eigenvalue weighted by Gasteiger charge is -2.13. The number of alkyl halides is 2. The Morgan fingerprint density at radius 1 is 1.50 bits per heavy atom. The van der Waals surface area contributed by atoms with Crippen LogP contribution in [0.1, 0.15) is 12.5 Å².